The highest BCUT2D eigenvalue weighted by Gasteiger charge is 2.34. The molecule has 0 aliphatic carbocycles. The lowest BCUT2D eigenvalue weighted by molar-refractivity contribution is -0.123. The van der Waals surface area contributed by atoms with E-state index < -0.39 is 5.41 Å². The molecule has 2 aromatic rings. The molecule has 158 valence electrons. The number of aryl methyl sites for hydroxylation is 2. The molecule has 3 N–H and O–H groups in total. The predicted octanol–water partition coefficient (Wildman–Crippen LogP) is 3.08. The summed E-state index contributed by atoms with van der Waals surface area (Å²) < 4.78 is 1.76. The minimum absolute atomic E-state index is 0. The van der Waals surface area contributed by atoms with E-state index in [9.17, 15) is 9.59 Å². The number of hydrogen-bond donors (Lipinski definition) is 3. The highest BCUT2D eigenvalue weighted by Crippen LogP contribution is 2.30. The van der Waals surface area contributed by atoms with Crippen LogP contribution in [0.4, 0.5) is 11.4 Å². The first-order chi connectivity index (χ1) is 13.1. The summed E-state index contributed by atoms with van der Waals surface area (Å²) in [6, 6.07) is 5.58. The van der Waals surface area contributed by atoms with E-state index in [0.717, 1.165) is 17.7 Å². The van der Waals surface area contributed by atoms with Crippen molar-refractivity contribution in [3.8, 4) is 0 Å². The molecule has 2 amide bonds. The van der Waals surface area contributed by atoms with E-state index in [1.807, 2.05) is 65.3 Å². The Labute approximate surface area is 178 Å². The van der Waals surface area contributed by atoms with Crippen LogP contribution < -0.4 is 16.0 Å². The summed E-state index contributed by atoms with van der Waals surface area (Å²) in [5, 5.41) is 13.5. The Morgan fingerprint density at radius 1 is 1.21 bits per heavy atom. The molecule has 1 aliphatic rings. The summed E-state index contributed by atoms with van der Waals surface area (Å²) in [6.45, 7) is 8.93. The Morgan fingerprint density at radius 2 is 1.93 bits per heavy atom. The van der Waals surface area contributed by atoms with Gasteiger partial charge >= 0.3 is 0 Å². The standard InChI is InChI=1S/C21H29N5O2.ClH/c1-13-6-7-15(8-18(13)25-20(28)21(2,3)4)24-19(27)17-11-22-10-16(17)14-9-23-26(5)12-14;/h6-9,12,16-17,22H,10-11H2,1-5H3,(H,24,27)(H,25,28);1H/t16-,17+;/m1./s1. The van der Waals surface area contributed by atoms with Gasteiger partial charge in [0.25, 0.3) is 0 Å². The van der Waals surface area contributed by atoms with Crippen LogP contribution in [0.15, 0.2) is 30.6 Å². The quantitative estimate of drug-likeness (QED) is 0.710. The fraction of sp³-hybridized carbons (Fsp3) is 0.476. The highest BCUT2D eigenvalue weighted by molar-refractivity contribution is 5.97. The van der Waals surface area contributed by atoms with Crippen LogP contribution in [0.5, 0.6) is 0 Å². The first-order valence-electron chi connectivity index (χ1n) is 9.57. The average Bonchev–Trinajstić information content (AvgIpc) is 3.25. The fourth-order valence-electron chi connectivity index (χ4n) is 3.32. The van der Waals surface area contributed by atoms with Crippen molar-refractivity contribution in [1.29, 1.82) is 0 Å². The van der Waals surface area contributed by atoms with Gasteiger partial charge in [0.2, 0.25) is 11.8 Å². The van der Waals surface area contributed by atoms with Crippen molar-refractivity contribution in [2.24, 2.45) is 18.4 Å². The SMILES string of the molecule is Cc1ccc(NC(=O)[C@H]2CNC[C@@H]2c2cnn(C)c2)cc1NC(=O)C(C)(C)C.Cl. The third-order valence-electron chi connectivity index (χ3n) is 5.14. The third-order valence-corrected chi connectivity index (χ3v) is 5.14. The molecule has 1 aromatic heterocycles. The van der Waals surface area contributed by atoms with Crippen LogP contribution >= 0.6 is 12.4 Å². The topological polar surface area (TPSA) is 88.1 Å². The maximum absolute atomic E-state index is 12.9. The van der Waals surface area contributed by atoms with E-state index in [1.54, 1.807) is 4.68 Å². The maximum atomic E-state index is 12.9. The predicted molar refractivity (Wildman–Crippen MR) is 117 cm³/mol. The Balaban J connectivity index is 0.00000300. The first kappa shape index (κ1) is 22.9. The number of hydrogen-bond acceptors (Lipinski definition) is 4. The summed E-state index contributed by atoms with van der Waals surface area (Å²) in [6.07, 6.45) is 3.79. The molecule has 1 saturated heterocycles. The van der Waals surface area contributed by atoms with Crippen molar-refractivity contribution >= 4 is 35.6 Å². The summed E-state index contributed by atoms with van der Waals surface area (Å²) in [7, 11) is 1.88. The number of nitrogens with zero attached hydrogens (tertiary/aromatic N) is 2. The van der Waals surface area contributed by atoms with E-state index in [2.05, 4.69) is 21.0 Å². The number of carbonyl (C=O) groups excluding carboxylic acids is 2. The van der Waals surface area contributed by atoms with Crippen molar-refractivity contribution in [2.45, 2.75) is 33.6 Å². The lowest BCUT2D eigenvalue weighted by Crippen LogP contribution is -2.29. The zero-order valence-corrected chi connectivity index (χ0v) is 18.4. The Bertz CT molecular complexity index is 887. The molecule has 1 fully saturated rings. The van der Waals surface area contributed by atoms with Gasteiger partial charge in [0.15, 0.2) is 0 Å². The average molecular weight is 420 g/mol. The van der Waals surface area contributed by atoms with Crippen LogP contribution in [-0.2, 0) is 16.6 Å². The molecule has 0 unspecified atom stereocenters. The lowest BCUT2D eigenvalue weighted by Gasteiger charge is -2.20. The van der Waals surface area contributed by atoms with Gasteiger partial charge < -0.3 is 16.0 Å². The van der Waals surface area contributed by atoms with E-state index in [-0.39, 0.29) is 36.1 Å². The maximum Gasteiger partial charge on any atom is 0.229 e. The van der Waals surface area contributed by atoms with Crippen molar-refractivity contribution in [1.82, 2.24) is 15.1 Å². The highest BCUT2D eigenvalue weighted by atomic mass is 35.5. The minimum atomic E-state index is -0.488. The molecule has 0 radical (unpaired) electrons. The van der Waals surface area contributed by atoms with Crippen LogP contribution in [0.1, 0.15) is 37.8 Å². The molecule has 1 aliphatic heterocycles. The summed E-state index contributed by atoms with van der Waals surface area (Å²) >= 11 is 0. The molecule has 8 heteroatoms. The second-order valence-corrected chi connectivity index (χ2v) is 8.54. The first-order valence-corrected chi connectivity index (χ1v) is 9.57. The molecule has 2 heterocycles. The monoisotopic (exact) mass is 419 g/mol. The third kappa shape index (κ3) is 5.36. The van der Waals surface area contributed by atoms with Crippen LogP contribution in [0, 0.1) is 18.3 Å². The molecule has 0 bridgehead atoms. The van der Waals surface area contributed by atoms with Crippen molar-refractivity contribution in [3.05, 3.63) is 41.7 Å². The number of benzene rings is 1. The number of halogens is 1. The molecule has 2 atom stereocenters. The van der Waals surface area contributed by atoms with Gasteiger partial charge in [-0.15, -0.1) is 12.4 Å². The largest absolute Gasteiger partial charge is 0.326 e. The van der Waals surface area contributed by atoms with Gasteiger partial charge in [-0.05, 0) is 30.2 Å². The molecular weight excluding hydrogens is 390 g/mol. The van der Waals surface area contributed by atoms with E-state index >= 15 is 0 Å². The van der Waals surface area contributed by atoms with E-state index in [1.165, 1.54) is 0 Å². The second-order valence-electron chi connectivity index (χ2n) is 8.54. The fourth-order valence-corrected chi connectivity index (χ4v) is 3.32. The van der Waals surface area contributed by atoms with Gasteiger partial charge in [-0.3, -0.25) is 14.3 Å². The smallest absolute Gasteiger partial charge is 0.229 e. The second kappa shape index (κ2) is 8.97. The zero-order chi connectivity index (χ0) is 20.5. The Hall–Kier alpha value is -2.38. The van der Waals surface area contributed by atoms with Gasteiger partial charge in [0.05, 0.1) is 12.1 Å². The van der Waals surface area contributed by atoms with Crippen molar-refractivity contribution in [3.63, 3.8) is 0 Å². The number of carbonyl (C=O) groups is 2. The molecule has 29 heavy (non-hydrogen) atoms. The minimum Gasteiger partial charge on any atom is -0.326 e. The van der Waals surface area contributed by atoms with Gasteiger partial charge in [-0.25, -0.2) is 0 Å². The number of amides is 2. The van der Waals surface area contributed by atoms with Crippen molar-refractivity contribution < 1.29 is 9.59 Å². The summed E-state index contributed by atoms with van der Waals surface area (Å²) in [5.74, 6) is -0.163. The number of aromatic nitrogens is 2. The van der Waals surface area contributed by atoms with Gasteiger partial charge in [-0.2, -0.15) is 5.10 Å². The molecule has 1 aromatic carbocycles. The molecule has 0 spiro atoms. The lowest BCUT2D eigenvalue weighted by atomic mass is 9.90. The van der Waals surface area contributed by atoms with Crippen LogP contribution in [0.3, 0.4) is 0 Å². The van der Waals surface area contributed by atoms with E-state index in [0.29, 0.717) is 17.9 Å². The van der Waals surface area contributed by atoms with Crippen LogP contribution in [0.2, 0.25) is 0 Å². The zero-order valence-electron chi connectivity index (χ0n) is 17.6. The van der Waals surface area contributed by atoms with Crippen LogP contribution in [0.25, 0.3) is 0 Å². The number of rotatable bonds is 4. The molecular formula is C21H30ClN5O2. The number of anilines is 2. The number of nitrogens with one attached hydrogen (secondary N) is 3. The van der Waals surface area contributed by atoms with Crippen molar-refractivity contribution in [2.75, 3.05) is 23.7 Å². The molecule has 3 rings (SSSR count). The Kier molecular flexibility index (Phi) is 7.08. The molecule has 7 nitrogen and oxygen atoms in total. The van der Waals surface area contributed by atoms with Gasteiger partial charge in [-0.1, -0.05) is 26.8 Å². The van der Waals surface area contributed by atoms with Gasteiger partial charge in [0, 0.05) is 49.0 Å². The Morgan fingerprint density at radius 3 is 2.55 bits per heavy atom. The van der Waals surface area contributed by atoms with E-state index in [4.69, 9.17) is 0 Å². The van der Waals surface area contributed by atoms with Gasteiger partial charge in [0.1, 0.15) is 0 Å². The van der Waals surface area contributed by atoms with Crippen LogP contribution in [-0.4, -0.2) is 34.7 Å². The summed E-state index contributed by atoms with van der Waals surface area (Å²) in [5.41, 5.74) is 2.92. The normalized spacial score (nSPS) is 18.8. The summed E-state index contributed by atoms with van der Waals surface area (Å²) in [4.78, 5) is 25.2. The molecule has 0 saturated carbocycles.